The molecule has 0 aromatic carbocycles. The maximum atomic E-state index is 10.7. The summed E-state index contributed by atoms with van der Waals surface area (Å²) in [6.45, 7) is 7.65. The monoisotopic (exact) mass is 281 g/mol. The van der Waals surface area contributed by atoms with Gasteiger partial charge in [0.25, 0.3) is 0 Å². The van der Waals surface area contributed by atoms with Gasteiger partial charge in [-0.3, -0.25) is 0 Å². The van der Waals surface area contributed by atoms with Crippen molar-refractivity contribution >= 4 is 16.1 Å². The third-order valence-electron chi connectivity index (χ3n) is 1.63. The standard InChI is InChI=1S/C8H15NO2.C3H8O3S/c1-5-8(10)11-7(2)6-9(3)4;1-2-3-7(4,5)6/h5,7H,1,6H2,2-4H3;2-3H2,1H3,(H,4,5,6). The molecule has 18 heavy (non-hydrogen) atoms. The number of ether oxygens (including phenoxy) is 1. The van der Waals surface area contributed by atoms with E-state index in [1.54, 1.807) is 6.92 Å². The number of hydrogen-bond acceptors (Lipinski definition) is 5. The van der Waals surface area contributed by atoms with E-state index in [4.69, 9.17) is 4.74 Å². The van der Waals surface area contributed by atoms with Gasteiger partial charge in [-0.15, -0.1) is 0 Å². The largest absolute Gasteiger partial charge is 0.748 e. The van der Waals surface area contributed by atoms with Crippen molar-refractivity contribution in [3.63, 3.8) is 0 Å². The first-order valence-electron chi connectivity index (χ1n) is 5.68. The summed E-state index contributed by atoms with van der Waals surface area (Å²) in [5.41, 5.74) is 0. The van der Waals surface area contributed by atoms with E-state index >= 15 is 0 Å². The Morgan fingerprint density at radius 2 is 2.00 bits per heavy atom. The van der Waals surface area contributed by atoms with Gasteiger partial charge in [0.05, 0.1) is 24.2 Å². The van der Waals surface area contributed by atoms with Crippen molar-refractivity contribution in [1.82, 2.24) is 0 Å². The van der Waals surface area contributed by atoms with Crippen LogP contribution < -0.4 is 4.90 Å². The molecule has 0 saturated carbocycles. The Labute approximate surface area is 109 Å². The Bertz CT molecular complexity index is 337. The molecular weight excluding hydrogens is 258 g/mol. The molecule has 0 aromatic heterocycles. The lowest BCUT2D eigenvalue weighted by molar-refractivity contribution is -0.861. The van der Waals surface area contributed by atoms with Gasteiger partial charge in [-0.05, 0) is 13.3 Å². The minimum absolute atomic E-state index is 0.0366. The second-order valence-corrected chi connectivity index (χ2v) is 5.65. The molecule has 0 aliphatic carbocycles. The van der Waals surface area contributed by atoms with Crippen molar-refractivity contribution in [2.24, 2.45) is 0 Å². The molecule has 0 heterocycles. The number of rotatable bonds is 6. The Morgan fingerprint density at radius 1 is 1.50 bits per heavy atom. The summed E-state index contributed by atoms with van der Waals surface area (Å²) in [6.07, 6.45) is 1.55. The molecule has 1 N–H and O–H groups in total. The molecule has 0 radical (unpaired) electrons. The Morgan fingerprint density at radius 3 is 2.22 bits per heavy atom. The van der Waals surface area contributed by atoms with E-state index < -0.39 is 10.1 Å². The van der Waals surface area contributed by atoms with Gasteiger partial charge in [0.2, 0.25) is 0 Å². The summed E-state index contributed by atoms with van der Waals surface area (Å²) >= 11 is 0. The highest BCUT2D eigenvalue weighted by atomic mass is 32.2. The SMILES string of the molecule is C=CC(=O)OC(C)C[NH+](C)C.CCCS(=O)(=O)[O-]. The molecule has 108 valence electrons. The average Bonchev–Trinajstić information content (AvgIpc) is 2.14. The molecule has 7 heteroatoms. The fourth-order valence-corrected chi connectivity index (χ4v) is 1.61. The van der Waals surface area contributed by atoms with Crippen LogP contribution in [0.2, 0.25) is 0 Å². The van der Waals surface area contributed by atoms with Crippen LogP contribution in [0.15, 0.2) is 12.7 Å². The highest BCUT2D eigenvalue weighted by Gasteiger charge is 2.08. The number of carbonyl (C=O) groups excluding carboxylic acids is 1. The second kappa shape index (κ2) is 10.0. The quantitative estimate of drug-likeness (QED) is 0.391. The summed E-state index contributed by atoms with van der Waals surface area (Å²) < 4.78 is 34.0. The van der Waals surface area contributed by atoms with Crippen LogP contribution >= 0.6 is 0 Å². The van der Waals surface area contributed by atoms with Crippen molar-refractivity contribution in [3.8, 4) is 0 Å². The molecule has 1 unspecified atom stereocenters. The molecule has 0 aliphatic heterocycles. The first-order valence-corrected chi connectivity index (χ1v) is 7.25. The Balaban J connectivity index is 0. The molecule has 0 fully saturated rings. The van der Waals surface area contributed by atoms with Gasteiger partial charge in [-0.2, -0.15) is 0 Å². The topological polar surface area (TPSA) is 87.9 Å². The second-order valence-electron chi connectivity index (χ2n) is 4.12. The van der Waals surface area contributed by atoms with Crippen LogP contribution in [0.4, 0.5) is 0 Å². The van der Waals surface area contributed by atoms with Gasteiger partial charge in [-0.1, -0.05) is 13.5 Å². The first kappa shape index (κ1) is 19.4. The van der Waals surface area contributed by atoms with Crippen LogP contribution in [-0.2, 0) is 19.6 Å². The lowest BCUT2D eigenvalue weighted by Gasteiger charge is -2.13. The minimum atomic E-state index is -3.92. The predicted molar refractivity (Wildman–Crippen MR) is 68.3 cm³/mol. The molecular formula is C11H23NO5S. The van der Waals surface area contributed by atoms with Gasteiger partial charge in [0.15, 0.2) is 0 Å². The minimum Gasteiger partial charge on any atom is -0.748 e. The van der Waals surface area contributed by atoms with Crippen LogP contribution in [0.25, 0.3) is 0 Å². The molecule has 0 aliphatic rings. The molecule has 0 aromatic rings. The van der Waals surface area contributed by atoms with Crippen LogP contribution in [-0.4, -0.2) is 51.4 Å². The molecule has 0 amide bonds. The van der Waals surface area contributed by atoms with E-state index in [1.165, 1.54) is 11.0 Å². The van der Waals surface area contributed by atoms with Crippen LogP contribution in [0, 0.1) is 0 Å². The maximum absolute atomic E-state index is 10.7. The molecule has 0 spiro atoms. The van der Waals surface area contributed by atoms with Gasteiger partial charge < -0.3 is 14.2 Å². The molecule has 6 nitrogen and oxygen atoms in total. The molecule has 0 saturated heterocycles. The van der Waals surface area contributed by atoms with Crippen molar-refractivity contribution in [2.75, 3.05) is 26.4 Å². The van der Waals surface area contributed by atoms with E-state index in [2.05, 4.69) is 6.58 Å². The lowest BCUT2D eigenvalue weighted by Crippen LogP contribution is -3.06. The van der Waals surface area contributed by atoms with Crippen LogP contribution in [0.5, 0.6) is 0 Å². The third-order valence-corrected chi connectivity index (χ3v) is 2.54. The Hall–Kier alpha value is -0.920. The van der Waals surface area contributed by atoms with Gasteiger partial charge in [-0.25, -0.2) is 13.2 Å². The molecule has 0 bridgehead atoms. The van der Waals surface area contributed by atoms with Crippen molar-refractivity contribution in [3.05, 3.63) is 12.7 Å². The number of hydrogen-bond donors (Lipinski definition) is 1. The fourth-order valence-electron chi connectivity index (χ4n) is 1.11. The molecule has 1 atom stereocenters. The zero-order valence-corrected chi connectivity index (χ0v) is 12.2. The number of quaternary nitrogens is 1. The smallest absolute Gasteiger partial charge is 0.330 e. The number of nitrogens with one attached hydrogen (secondary N) is 1. The average molecular weight is 281 g/mol. The normalized spacial score (nSPS) is 12.3. The van der Waals surface area contributed by atoms with Gasteiger partial charge in [0, 0.05) is 11.8 Å². The van der Waals surface area contributed by atoms with Crippen molar-refractivity contribution in [1.29, 1.82) is 0 Å². The molecule has 0 rings (SSSR count). The van der Waals surface area contributed by atoms with Gasteiger partial charge in [0.1, 0.15) is 12.6 Å². The van der Waals surface area contributed by atoms with Crippen LogP contribution in [0.1, 0.15) is 20.3 Å². The zero-order valence-electron chi connectivity index (χ0n) is 11.4. The Kier molecular flexibility index (Phi) is 10.8. The predicted octanol–water partition coefficient (Wildman–Crippen LogP) is -0.810. The zero-order chi connectivity index (χ0) is 14.8. The fraction of sp³-hybridized carbons (Fsp3) is 0.727. The highest BCUT2D eigenvalue weighted by molar-refractivity contribution is 7.85. The third kappa shape index (κ3) is 17.5. The number of likely N-dealkylation sites (N-methyl/N-ethyl adjacent to an activating group) is 1. The maximum Gasteiger partial charge on any atom is 0.330 e. The van der Waals surface area contributed by atoms with Crippen molar-refractivity contribution in [2.45, 2.75) is 26.4 Å². The first-order chi connectivity index (χ1) is 8.12. The van der Waals surface area contributed by atoms with Gasteiger partial charge >= 0.3 is 5.97 Å². The number of carbonyl (C=O) groups is 1. The highest BCUT2D eigenvalue weighted by Crippen LogP contribution is 1.87. The van der Waals surface area contributed by atoms with Crippen LogP contribution in [0.3, 0.4) is 0 Å². The summed E-state index contributed by atoms with van der Waals surface area (Å²) in [5.74, 6) is -0.591. The van der Waals surface area contributed by atoms with E-state index in [1.807, 2.05) is 21.0 Å². The summed E-state index contributed by atoms with van der Waals surface area (Å²) in [5, 5.41) is 0. The van der Waals surface area contributed by atoms with E-state index in [-0.39, 0.29) is 17.8 Å². The summed E-state index contributed by atoms with van der Waals surface area (Å²) in [7, 11) is 0.100. The summed E-state index contributed by atoms with van der Waals surface area (Å²) in [4.78, 5) is 11.9. The number of esters is 1. The lowest BCUT2D eigenvalue weighted by atomic mass is 10.4. The van der Waals surface area contributed by atoms with E-state index in [9.17, 15) is 17.8 Å². The van der Waals surface area contributed by atoms with Crippen molar-refractivity contribution < 1.29 is 27.4 Å². The van der Waals surface area contributed by atoms with E-state index in [0.29, 0.717) is 6.42 Å². The van der Waals surface area contributed by atoms with E-state index in [0.717, 1.165) is 6.54 Å². The summed E-state index contributed by atoms with van der Waals surface area (Å²) in [6, 6.07) is 0.